The zero-order valence-corrected chi connectivity index (χ0v) is 8.75. The third kappa shape index (κ3) is 2.08. The molecule has 0 aliphatic rings. The molecule has 0 radical (unpaired) electrons. The molecule has 1 aromatic rings. The maximum absolute atomic E-state index is 12.7. The smallest absolute Gasteiger partial charge is 0.244 e. The van der Waals surface area contributed by atoms with Crippen LogP contribution in [0.1, 0.15) is 6.92 Å². The van der Waals surface area contributed by atoms with Crippen LogP contribution in [-0.2, 0) is 10.0 Å². The van der Waals surface area contributed by atoms with Crippen molar-refractivity contribution >= 4 is 10.0 Å². The molecule has 0 atom stereocenters. The summed E-state index contributed by atoms with van der Waals surface area (Å²) in [5, 5.41) is 0. The van der Waals surface area contributed by atoms with Gasteiger partial charge in [-0.1, -0.05) is 6.92 Å². The van der Waals surface area contributed by atoms with Gasteiger partial charge in [0.15, 0.2) is 0 Å². The molecule has 0 saturated heterocycles. The third-order valence-corrected chi connectivity index (χ3v) is 3.73. The summed E-state index contributed by atoms with van der Waals surface area (Å²) >= 11 is 0. The van der Waals surface area contributed by atoms with Crippen LogP contribution in [0.25, 0.3) is 0 Å². The van der Waals surface area contributed by atoms with Crippen molar-refractivity contribution in [3.63, 3.8) is 0 Å². The largest absolute Gasteiger partial charge is 0.260 e. The van der Waals surface area contributed by atoms with Crippen molar-refractivity contribution in [2.45, 2.75) is 11.8 Å². The van der Waals surface area contributed by atoms with Gasteiger partial charge in [-0.3, -0.25) is 4.98 Å². The highest BCUT2D eigenvalue weighted by atomic mass is 32.2. The van der Waals surface area contributed by atoms with E-state index in [0.29, 0.717) is 6.54 Å². The quantitative estimate of drug-likeness (QED) is 0.756. The Kier molecular flexibility index (Phi) is 3.17. The highest BCUT2D eigenvalue weighted by Gasteiger charge is 2.19. The number of pyridine rings is 1. The van der Waals surface area contributed by atoms with E-state index in [1.54, 1.807) is 6.92 Å². The number of halogens is 1. The third-order valence-electron chi connectivity index (χ3n) is 1.83. The minimum Gasteiger partial charge on any atom is -0.260 e. The van der Waals surface area contributed by atoms with E-state index in [9.17, 15) is 12.8 Å². The molecule has 6 heteroatoms. The van der Waals surface area contributed by atoms with E-state index in [2.05, 4.69) is 4.98 Å². The zero-order chi connectivity index (χ0) is 10.8. The molecule has 14 heavy (non-hydrogen) atoms. The van der Waals surface area contributed by atoms with Crippen molar-refractivity contribution in [1.82, 2.24) is 9.29 Å². The predicted molar refractivity (Wildman–Crippen MR) is 49.7 cm³/mol. The first-order valence-corrected chi connectivity index (χ1v) is 5.49. The second kappa shape index (κ2) is 4.02. The highest BCUT2D eigenvalue weighted by Crippen LogP contribution is 2.13. The molecule has 0 aromatic carbocycles. The summed E-state index contributed by atoms with van der Waals surface area (Å²) in [4.78, 5) is 3.36. The van der Waals surface area contributed by atoms with Gasteiger partial charge in [-0.2, -0.15) is 0 Å². The topological polar surface area (TPSA) is 50.3 Å². The number of nitrogens with zero attached hydrogens (tertiary/aromatic N) is 2. The predicted octanol–water partition coefficient (Wildman–Crippen LogP) is 0.861. The van der Waals surface area contributed by atoms with Crippen molar-refractivity contribution in [1.29, 1.82) is 0 Å². The molecule has 0 unspecified atom stereocenters. The van der Waals surface area contributed by atoms with E-state index in [1.807, 2.05) is 0 Å². The first-order valence-electron chi connectivity index (χ1n) is 4.05. The van der Waals surface area contributed by atoms with E-state index < -0.39 is 15.8 Å². The van der Waals surface area contributed by atoms with Gasteiger partial charge in [-0.25, -0.2) is 17.1 Å². The lowest BCUT2D eigenvalue weighted by Crippen LogP contribution is -2.26. The van der Waals surface area contributed by atoms with E-state index >= 15 is 0 Å². The van der Waals surface area contributed by atoms with Gasteiger partial charge in [0, 0.05) is 19.8 Å². The second-order valence-electron chi connectivity index (χ2n) is 2.76. The van der Waals surface area contributed by atoms with Crippen LogP contribution in [0.4, 0.5) is 4.39 Å². The van der Waals surface area contributed by atoms with E-state index in [1.165, 1.54) is 7.05 Å². The normalized spacial score (nSPS) is 12.0. The summed E-state index contributed by atoms with van der Waals surface area (Å²) in [6, 6.07) is 0.953. The van der Waals surface area contributed by atoms with Crippen molar-refractivity contribution < 1.29 is 12.8 Å². The molecule has 0 aliphatic carbocycles. The molecule has 0 N–H and O–H groups in total. The van der Waals surface area contributed by atoms with Crippen molar-refractivity contribution in [2.75, 3.05) is 13.6 Å². The van der Waals surface area contributed by atoms with Gasteiger partial charge in [0.1, 0.15) is 10.7 Å². The van der Waals surface area contributed by atoms with E-state index in [4.69, 9.17) is 0 Å². The van der Waals surface area contributed by atoms with Gasteiger partial charge >= 0.3 is 0 Å². The Labute approximate surface area is 82.4 Å². The lowest BCUT2D eigenvalue weighted by Gasteiger charge is -2.13. The number of sulfonamides is 1. The molecular weight excluding hydrogens is 207 g/mol. The molecule has 0 bridgehead atoms. The average molecular weight is 218 g/mol. The minimum atomic E-state index is -3.58. The molecule has 4 nitrogen and oxygen atoms in total. The molecule has 1 rings (SSSR count). The van der Waals surface area contributed by atoms with Crippen LogP contribution < -0.4 is 0 Å². The maximum atomic E-state index is 12.7. The van der Waals surface area contributed by atoms with Crippen LogP contribution >= 0.6 is 0 Å². The minimum absolute atomic E-state index is 0.123. The first kappa shape index (κ1) is 11.1. The molecule has 0 saturated carbocycles. The average Bonchev–Trinajstić information content (AvgIpc) is 2.16. The molecule has 0 amide bonds. The lowest BCUT2D eigenvalue weighted by atomic mass is 10.5. The number of hydrogen-bond donors (Lipinski definition) is 0. The standard InChI is InChI=1S/C8H11FN2O2S/c1-3-11(2)14(12,13)8-4-7(9)5-10-6-8/h4-6H,3H2,1-2H3. The summed E-state index contributed by atoms with van der Waals surface area (Å²) < 4.78 is 37.1. The van der Waals surface area contributed by atoms with Crippen molar-refractivity contribution in [3.05, 3.63) is 24.3 Å². The fourth-order valence-corrected chi connectivity index (χ4v) is 2.04. The van der Waals surface area contributed by atoms with E-state index in [0.717, 1.165) is 22.8 Å². The van der Waals surface area contributed by atoms with Gasteiger partial charge in [0.25, 0.3) is 0 Å². The fraction of sp³-hybridized carbons (Fsp3) is 0.375. The number of rotatable bonds is 3. The lowest BCUT2D eigenvalue weighted by molar-refractivity contribution is 0.484. The van der Waals surface area contributed by atoms with Crippen LogP contribution in [-0.4, -0.2) is 31.3 Å². The number of aromatic nitrogens is 1. The molecule has 0 aliphatic heterocycles. The fourth-order valence-electron chi connectivity index (χ4n) is 0.883. The zero-order valence-electron chi connectivity index (χ0n) is 7.94. The van der Waals surface area contributed by atoms with Gasteiger partial charge in [0.05, 0.1) is 6.20 Å². The summed E-state index contributed by atoms with van der Waals surface area (Å²) in [7, 11) is -2.15. The SMILES string of the molecule is CCN(C)S(=O)(=O)c1cncc(F)c1. The monoisotopic (exact) mass is 218 g/mol. The van der Waals surface area contributed by atoms with Crippen LogP contribution in [0.15, 0.2) is 23.4 Å². The Morgan fingerprint density at radius 1 is 1.50 bits per heavy atom. The Morgan fingerprint density at radius 2 is 2.14 bits per heavy atom. The second-order valence-corrected chi connectivity index (χ2v) is 4.80. The molecule has 0 spiro atoms. The first-order chi connectivity index (χ1) is 6.48. The van der Waals surface area contributed by atoms with Crippen LogP contribution in [0.5, 0.6) is 0 Å². The summed E-state index contributed by atoms with van der Waals surface area (Å²) in [6.07, 6.45) is 2.09. The van der Waals surface area contributed by atoms with Crippen molar-refractivity contribution in [3.8, 4) is 0 Å². The molecular formula is C8H11FN2O2S. The molecule has 0 fully saturated rings. The Balaban J connectivity index is 3.17. The van der Waals surface area contributed by atoms with Gasteiger partial charge in [-0.15, -0.1) is 0 Å². The summed E-state index contributed by atoms with van der Waals surface area (Å²) in [6.45, 7) is 2.03. The van der Waals surface area contributed by atoms with Crippen LogP contribution in [0.2, 0.25) is 0 Å². The summed E-state index contributed by atoms with van der Waals surface area (Å²) in [5.41, 5.74) is 0. The number of hydrogen-bond acceptors (Lipinski definition) is 3. The summed E-state index contributed by atoms with van der Waals surface area (Å²) in [5.74, 6) is -0.657. The van der Waals surface area contributed by atoms with Gasteiger partial charge in [0.2, 0.25) is 10.0 Å². The maximum Gasteiger partial charge on any atom is 0.244 e. The van der Waals surface area contributed by atoms with Gasteiger partial charge in [-0.05, 0) is 6.07 Å². The van der Waals surface area contributed by atoms with Crippen LogP contribution in [0.3, 0.4) is 0 Å². The molecule has 78 valence electrons. The van der Waals surface area contributed by atoms with Gasteiger partial charge < -0.3 is 0 Å². The van der Waals surface area contributed by atoms with Crippen molar-refractivity contribution in [2.24, 2.45) is 0 Å². The Morgan fingerprint density at radius 3 is 2.64 bits per heavy atom. The van der Waals surface area contributed by atoms with Crippen LogP contribution in [0, 0.1) is 5.82 Å². The Bertz CT molecular complexity index is 419. The molecule has 1 heterocycles. The Hall–Kier alpha value is -1.01. The molecule has 1 aromatic heterocycles. The van der Waals surface area contributed by atoms with E-state index in [-0.39, 0.29) is 4.90 Å². The highest BCUT2D eigenvalue weighted by molar-refractivity contribution is 7.89.